The molecule has 0 aliphatic rings. The van der Waals surface area contributed by atoms with E-state index in [1.54, 1.807) is 0 Å². The molecular formula is C30H26KO26S4+. The first-order chi connectivity index (χ1) is 27.1. The molecule has 4 aromatic carbocycles. The Labute approximate surface area is 382 Å². The van der Waals surface area contributed by atoms with Crippen LogP contribution in [-0.2, 0) is 41.6 Å². The fraction of sp³-hybridized carbons (Fsp3) is 0. The average Bonchev–Trinajstić information content (AvgIpc) is 3.02. The van der Waals surface area contributed by atoms with Crippen molar-refractivity contribution < 1.29 is 161 Å². The molecule has 0 bridgehead atoms. The topological polar surface area (TPSA) is 480 Å². The summed E-state index contributed by atoms with van der Waals surface area (Å²) in [5.74, 6) is -2.15. The molecule has 0 unspecified atom stereocenters. The molecule has 2 heterocycles. The number of fused-ring (bicyclic) bond motifs is 2. The number of benzene rings is 4. The zero-order valence-corrected chi connectivity index (χ0v) is 36.1. The van der Waals surface area contributed by atoms with Crippen LogP contribution in [-0.4, -0.2) is 101 Å². The van der Waals surface area contributed by atoms with Gasteiger partial charge in [-0.3, -0.25) is 46.0 Å². The van der Waals surface area contributed by atoms with E-state index < -0.39 is 69.7 Å². The van der Waals surface area contributed by atoms with Crippen molar-refractivity contribution in [3.8, 4) is 68.3 Å². The van der Waals surface area contributed by atoms with Crippen molar-refractivity contribution in [3.05, 3.63) is 93.2 Å². The van der Waals surface area contributed by atoms with Crippen LogP contribution in [0.1, 0.15) is 0 Å². The Hall–Kier alpha value is -4.78. The fourth-order valence-electron chi connectivity index (χ4n) is 4.61. The summed E-state index contributed by atoms with van der Waals surface area (Å²) in [6.07, 6.45) is 0. The molecule has 0 saturated heterocycles. The van der Waals surface area contributed by atoms with Gasteiger partial charge in [0.05, 0.1) is 5.56 Å². The number of hydrogen-bond acceptors (Lipinski definition) is 18. The van der Waals surface area contributed by atoms with Gasteiger partial charge in [0.25, 0.3) is 0 Å². The first kappa shape index (κ1) is 54.2. The van der Waals surface area contributed by atoms with Gasteiger partial charge in [-0.1, -0.05) is 0 Å². The molecule has 2 aromatic heterocycles. The normalized spacial score (nSPS) is 11.2. The Balaban J connectivity index is 0.000000741. The molecule has 14 N–H and O–H groups in total. The molecule has 6 aromatic rings. The zero-order valence-electron chi connectivity index (χ0n) is 29.7. The third-order valence-corrected chi connectivity index (χ3v) is 6.47. The molecule has 26 nitrogen and oxygen atoms in total. The van der Waals surface area contributed by atoms with Gasteiger partial charge in [-0.05, 0) is 42.5 Å². The summed E-state index contributed by atoms with van der Waals surface area (Å²) in [4.78, 5) is 25.7. The van der Waals surface area contributed by atoms with Crippen molar-refractivity contribution in [1.29, 1.82) is 0 Å². The summed E-state index contributed by atoms with van der Waals surface area (Å²) < 4.78 is 138. The van der Waals surface area contributed by atoms with Gasteiger partial charge in [0.15, 0.2) is 10.9 Å². The van der Waals surface area contributed by atoms with Crippen LogP contribution in [0.15, 0.2) is 91.2 Å². The molecular weight excluding hydrogens is 944 g/mol. The maximum absolute atomic E-state index is 13.0. The molecule has 0 saturated carbocycles. The van der Waals surface area contributed by atoms with Gasteiger partial charge in [0.2, 0.25) is 0 Å². The average molecular weight is 970 g/mol. The second kappa shape index (κ2) is 21.3. The number of phenols is 6. The molecule has 61 heavy (non-hydrogen) atoms. The molecule has 31 heteroatoms. The van der Waals surface area contributed by atoms with Gasteiger partial charge < -0.3 is 39.5 Å². The van der Waals surface area contributed by atoms with Crippen LogP contribution < -0.4 is 62.2 Å². The van der Waals surface area contributed by atoms with Gasteiger partial charge in [0, 0.05) is 47.0 Å². The van der Waals surface area contributed by atoms with E-state index in [2.05, 4.69) is 0 Å². The largest absolute Gasteiger partial charge is 1.00 e. The van der Waals surface area contributed by atoms with E-state index >= 15 is 0 Å². The van der Waals surface area contributed by atoms with E-state index in [9.17, 15) is 40.2 Å². The number of phenolic OH excluding ortho intramolecular Hbond substituents is 6. The van der Waals surface area contributed by atoms with Crippen LogP contribution >= 0.6 is 0 Å². The molecule has 0 radical (unpaired) electrons. The van der Waals surface area contributed by atoms with Gasteiger partial charge in [-0.15, -0.1) is 0 Å². The van der Waals surface area contributed by atoms with Gasteiger partial charge in [-0.2, -0.15) is 33.7 Å². The Morgan fingerprint density at radius 1 is 0.410 bits per heavy atom. The van der Waals surface area contributed by atoms with E-state index in [4.69, 9.17) is 78.9 Å². The molecule has 0 fully saturated rings. The quantitative estimate of drug-likeness (QED) is 0.0787. The predicted molar refractivity (Wildman–Crippen MR) is 202 cm³/mol. The molecule has 0 aliphatic heterocycles. The van der Waals surface area contributed by atoms with Crippen LogP contribution in [0.5, 0.6) is 34.5 Å². The summed E-state index contributed by atoms with van der Waals surface area (Å²) in [6.45, 7) is 0. The monoisotopic (exact) mass is 969 g/mol. The Morgan fingerprint density at radius 2 is 0.803 bits per heavy atom. The Bertz CT molecular complexity index is 2970. The van der Waals surface area contributed by atoms with Crippen LogP contribution in [0.2, 0.25) is 0 Å². The van der Waals surface area contributed by atoms with Crippen LogP contribution in [0, 0.1) is 0 Å². The zero-order chi connectivity index (χ0) is 46.3. The molecule has 6 rings (SSSR count). The first-order valence-corrected chi connectivity index (χ1v) is 20.1. The maximum atomic E-state index is 13.0. The van der Waals surface area contributed by atoms with Gasteiger partial charge in [0.1, 0.15) is 68.0 Å². The smallest absolute Gasteiger partial charge is 0.508 e. The summed E-state index contributed by atoms with van der Waals surface area (Å²) in [6, 6.07) is 15.4. The van der Waals surface area contributed by atoms with E-state index in [0.29, 0.717) is 5.56 Å². The summed E-state index contributed by atoms with van der Waals surface area (Å²) in [5.41, 5.74) is -1.07. The molecule has 0 spiro atoms. The minimum absolute atomic E-state index is 0. The maximum Gasteiger partial charge on any atom is 1.00 e. The molecule has 0 atom stereocenters. The summed E-state index contributed by atoms with van der Waals surface area (Å²) >= 11 is 0. The fourth-order valence-corrected chi connectivity index (χ4v) is 4.61. The van der Waals surface area contributed by atoms with Crippen LogP contribution in [0.25, 0.3) is 55.7 Å². The third-order valence-electron chi connectivity index (χ3n) is 6.47. The van der Waals surface area contributed by atoms with E-state index in [1.807, 2.05) is 0 Å². The summed E-state index contributed by atoms with van der Waals surface area (Å²) in [5, 5.41) is 61.6. The SMILES string of the molecule is O=S(=O)(O)O.O=S(=O)(O)O.O=S(=O)(O)O.O=S(=O)(O)O.O=c1cc(-c2ccc(O)c(-c3c(O)cc4oc(-c5ccc(O)cc5)cc(=O)c4c3O)c2)oc2cc(O)cc(O)c12.[K+]. The first-order valence-electron chi connectivity index (χ1n) is 14.6. The summed E-state index contributed by atoms with van der Waals surface area (Å²) in [7, 11) is -18.7. The Morgan fingerprint density at radius 3 is 1.26 bits per heavy atom. The van der Waals surface area contributed by atoms with Crippen molar-refractivity contribution in [2.45, 2.75) is 0 Å². The van der Waals surface area contributed by atoms with Crippen molar-refractivity contribution >= 4 is 63.5 Å². The second-order valence-electron chi connectivity index (χ2n) is 10.9. The number of hydrogen-bond donors (Lipinski definition) is 14. The van der Waals surface area contributed by atoms with Gasteiger partial charge >= 0.3 is 93.0 Å². The molecule has 326 valence electrons. The van der Waals surface area contributed by atoms with Crippen molar-refractivity contribution in [2.24, 2.45) is 0 Å². The Kier molecular flexibility index (Phi) is 19.0. The molecule has 0 aliphatic carbocycles. The van der Waals surface area contributed by atoms with Crippen LogP contribution in [0.4, 0.5) is 0 Å². The van der Waals surface area contributed by atoms with Gasteiger partial charge in [-0.25, -0.2) is 0 Å². The minimum Gasteiger partial charge on any atom is -0.508 e. The van der Waals surface area contributed by atoms with E-state index in [1.165, 1.54) is 42.5 Å². The van der Waals surface area contributed by atoms with Crippen LogP contribution in [0.3, 0.4) is 0 Å². The third kappa shape index (κ3) is 19.2. The standard InChI is InChI=1S/C30H18O10.K.4H2O4S/c31-15-4-1-13(2-5-15)23-11-22(37)29-26(39-23)12-20(35)27(30(29)38)17-7-14(3-6-18(17)33)24-10-21(36)28-19(34)8-16(32)9-25(28)40-24;;4*1-5(2,3)4/h1-12,31-35,38H;;4*(H2,1,2,3,4)/q;+1;;;;. The molecule has 0 amide bonds. The second-order valence-corrected chi connectivity index (χ2v) is 14.4. The number of rotatable bonds is 3. The van der Waals surface area contributed by atoms with E-state index in [0.717, 1.165) is 30.3 Å². The minimum atomic E-state index is -4.67. The van der Waals surface area contributed by atoms with E-state index in [-0.39, 0.29) is 119 Å². The van der Waals surface area contributed by atoms with Crippen molar-refractivity contribution in [2.75, 3.05) is 0 Å². The number of aromatic hydroxyl groups is 6. The predicted octanol–water partition coefficient (Wildman–Crippen LogP) is -0.473. The van der Waals surface area contributed by atoms with Crippen molar-refractivity contribution in [3.63, 3.8) is 0 Å². The van der Waals surface area contributed by atoms with Crippen molar-refractivity contribution in [1.82, 2.24) is 0 Å².